The van der Waals surface area contributed by atoms with Crippen LogP contribution in [0.25, 0.3) is 0 Å². The highest BCUT2D eigenvalue weighted by atomic mass is 19.4. The summed E-state index contributed by atoms with van der Waals surface area (Å²) in [5, 5.41) is 0. The highest BCUT2D eigenvalue weighted by Crippen LogP contribution is 2.32. The van der Waals surface area contributed by atoms with Crippen LogP contribution < -0.4 is 4.74 Å². The van der Waals surface area contributed by atoms with E-state index in [0.717, 1.165) is 36.4 Å². The first-order valence-corrected chi connectivity index (χ1v) is 17.1. The molecule has 0 saturated heterocycles. The van der Waals surface area contributed by atoms with Crippen molar-refractivity contribution in [2.24, 2.45) is 23.7 Å². The van der Waals surface area contributed by atoms with Crippen molar-refractivity contribution in [2.75, 3.05) is 7.11 Å². The van der Waals surface area contributed by atoms with E-state index in [1.54, 1.807) is 31.6 Å². The zero-order valence-corrected chi connectivity index (χ0v) is 30.8. The van der Waals surface area contributed by atoms with E-state index in [2.05, 4.69) is 81.6 Å². The van der Waals surface area contributed by atoms with Gasteiger partial charge in [-0.05, 0) is 90.8 Å². The second-order valence-electron chi connectivity index (χ2n) is 13.6. The minimum atomic E-state index is -4.23. The topological polar surface area (TPSA) is 47.9 Å². The lowest BCUT2D eigenvalue weighted by Gasteiger charge is -2.13. The van der Waals surface area contributed by atoms with Crippen LogP contribution in [0.5, 0.6) is 5.75 Å². The fraction of sp³-hybridized carbons (Fsp3) is 0.488. The van der Waals surface area contributed by atoms with Gasteiger partial charge in [0.25, 0.3) is 0 Å². The van der Waals surface area contributed by atoms with Crippen LogP contribution in [0.15, 0.2) is 91.4 Å². The molecule has 48 heavy (non-hydrogen) atoms. The molecule has 0 aliphatic carbocycles. The number of methoxy groups -OCH3 is 1. The lowest BCUT2D eigenvalue weighted by Crippen LogP contribution is -2.10. The summed E-state index contributed by atoms with van der Waals surface area (Å²) in [4.78, 5) is 12.6. The molecular formula is C41H58F3N3O. The summed E-state index contributed by atoms with van der Waals surface area (Å²) < 4.78 is 42.7. The molecule has 0 spiro atoms. The summed E-state index contributed by atoms with van der Waals surface area (Å²) >= 11 is 0. The number of aromatic nitrogens is 3. The molecule has 0 radical (unpaired) electrons. The van der Waals surface area contributed by atoms with Gasteiger partial charge in [0.05, 0.1) is 12.7 Å². The highest BCUT2D eigenvalue weighted by molar-refractivity contribution is 5.33. The third-order valence-corrected chi connectivity index (χ3v) is 7.47. The maximum absolute atomic E-state index is 12.5. The Hall–Kier alpha value is -3.74. The number of pyridine rings is 1. The van der Waals surface area contributed by atoms with Crippen molar-refractivity contribution in [1.29, 1.82) is 0 Å². The van der Waals surface area contributed by atoms with E-state index in [0.29, 0.717) is 29.7 Å². The Bertz CT molecular complexity index is 1370. The van der Waals surface area contributed by atoms with Crippen LogP contribution in [-0.4, -0.2) is 22.1 Å². The molecule has 2 aromatic heterocycles. The number of benzene rings is 2. The first-order chi connectivity index (χ1) is 22.6. The molecule has 4 rings (SSSR count). The van der Waals surface area contributed by atoms with Crippen LogP contribution in [-0.2, 0) is 25.4 Å². The van der Waals surface area contributed by atoms with Gasteiger partial charge in [0, 0.05) is 30.2 Å². The summed E-state index contributed by atoms with van der Waals surface area (Å²) in [6.45, 7) is 19.2. The molecule has 1 unspecified atom stereocenters. The molecule has 4 aromatic rings. The second kappa shape index (κ2) is 22.8. The van der Waals surface area contributed by atoms with Gasteiger partial charge in [-0.3, -0.25) is 4.98 Å². The number of ether oxygens (including phenoxy) is 1. The smallest absolute Gasteiger partial charge is 0.416 e. The first kappa shape index (κ1) is 42.3. The Morgan fingerprint density at radius 2 is 1.12 bits per heavy atom. The molecule has 1 atom stereocenters. The Kier molecular flexibility index (Phi) is 20.1. The standard InChI is InChI=1S/C11H13F3.C11H16O.C10H15N.C9H14N2/c1-8(2)7-9-5-3-4-6-10(9)11(12,13)14;1-9(2)8-10-6-4-5-7-11(10)12-3;1-9(2)6-7-10-5-3-4-8-11-10;1-7(2)8(3)9-10-5-4-6-11-9/h3-6,8H,7H2,1-2H3;4-7,9H,8H2,1-3H3;3-5,8-9H,6-7H2,1-2H3;4-8H,1-3H3. The Labute approximate surface area is 288 Å². The number of halogens is 3. The normalized spacial score (nSPS) is 11.6. The maximum atomic E-state index is 12.5. The monoisotopic (exact) mass is 665 g/mol. The zero-order chi connectivity index (χ0) is 36.1. The van der Waals surface area contributed by atoms with Gasteiger partial charge in [-0.15, -0.1) is 0 Å². The van der Waals surface area contributed by atoms with Gasteiger partial charge in [-0.2, -0.15) is 13.2 Å². The van der Waals surface area contributed by atoms with E-state index < -0.39 is 11.7 Å². The molecule has 0 fully saturated rings. The van der Waals surface area contributed by atoms with Gasteiger partial charge < -0.3 is 4.74 Å². The molecule has 0 bridgehead atoms. The predicted octanol–water partition coefficient (Wildman–Crippen LogP) is 11.7. The Balaban J connectivity index is 0.000000322. The van der Waals surface area contributed by atoms with Crippen LogP contribution in [0.1, 0.15) is 103 Å². The van der Waals surface area contributed by atoms with Crippen molar-refractivity contribution in [3.8, 4) is 5.75 Å². The summed E-state index contributed by atoms with van der Waals surface area (Å²) in [6.07, 6.45) is 5.11. The molecule has 0 N–H and O–H groups in total. The van der Waals surface area contributed by atoms with E-state index in [-0.39, 0.29) is 5.92 Å². The van der Waals surface area contributed by atoms with Gasteiger partial charge in [0.15, 0.2) is 0 Å². The maximum Gasteiger partial charge on any atom is 0.416 e. The zero-order valence-electron chi connectivity index (χ0n) is 30.8. The molecule has 7 heteroatoms. The minimum Gasteiger partial charge on any atom is -0.496 e. The van der Waals surface area contributed by atoms with Crippen molar-refractivity contribution in [3.05, 3.63) is 120 Å². The van der Waals surface area contributed by atoms with Crippen LogP contribution in [0.4, 0.5) is 13.2 Å². The Morgan fingerprint density at radius 1 is 0.604 bits per heavy atom. The number of rotatable bonds is 10. The Morgan fingerprint density at radius 3 is 1.62 bits per heavy atom. The van der Waals surface area contributed by atoms with Crippen LogP contribution in [0, 0.1) is 23.7 Å². The van der Waals surface area contributed by atoms with Gasteiger partial charge in [-0.25, -0.2) is 9.97 Å². The summed E-state index contributed by atoms with van der Waals surface area (Å²) in [6, 6.07) is 21.9. The van der Waals surface area contributed by atoms with Gasteiger partial charge in [-0.1, -0.05) is 105 Å². The van der Waals surface area contributed by atoms with Gasteiger partial charge in [0.2, 0.25) is 0 Å². The molecular weight excluding hydrogens is 607 g/mol. The van der Waals surface area contributed by atoms with Crippen LogP contribution in [0.3, 0.4) is 0 Å². The molecule has 0 aliphatic rings. The van der Waals surface area contributed by atoms with E-state index in [9.17, 15) is 13.2 Å². The number of hydrogen-bond donors (Lipinski definition) is 0. The molecule has 2 aromatic carbocycles. The molecule has 264 valence electrons. The average Bonchev–Trinajstić information content (AvgIpc) is 3.04. The second-order valence-corrected chi connectivity index (χ2v) is 13.6. The van der Waals surface area contributed by atoms with Crippen LogP contribution in [0.2, 0.25) is 0 Å². The van der Waals surface area contributed by atoms with Crippen molar-refractivity contribution in [1.82, 2.24) is 15.0 Å². The largest absolute Gasteiger partial charge is 0.496 e. The molecule has 0 saturated carbocycles. The quantitative estimate of drug-likeness (QED) is 0.169. The van der Waals surface area contributed by atoms with Crippen LogP contribution >= 0.6 is 0 Å². The third-order valence-electron chi connectivity index (χ3n) is 7.47. The third kappa shape index (κ3) is 18.0. The predicted molar refractivity (Wildman–Crippen MR) is 194 cm³/mol. The molecule has 4 nitrogen and oxygen atoms in total. The molecule has 0 aliphatic heterocycles. The number of alkyl halides is 3. The first-order valence-electron chi connectivity index (χ1n) is 17.1. The lowest BCUT2D eigenvalue weighted by molar-refractivity contribution is -0.138. The summed E-state index contributed by atoms with van der Waals surface area (Å²) in [5.41, 5.74) is 2.39. The van der Waals surface area contributed by atoms with Crippen molar-refractivity contribution < 1.29 is 17.9 Å². The molecule has 0 amide bonds. The SMILES string of the molecule is CC(C)C(C)c1ncccn1.CC(C)CCc1ccccn1.CC(C)Cc1ccccc1C(F)(F)F.COc1ccccc1CC(C)C. The number of nitrogens with zero attached hydrogens (tertiary/aromatic N) is 3. The minimum absolute atomic E-state index is 0.235. The van der Waals surface area contributed by atoms with E-state index in [4.69, 9.17) is 4.74 Å². The van der Waals surface area contributed by atoms with Crippen molar-refractivity contribution in [2.45, 2.75) is 100 Å². The summed E-state index contributed by atoms with van der Waals surface area (Å²) in [7, 11) is 1.72. The van der Waals surface area contributed by atoms with E-state index >= 15 is 0 Å². The van der Waals surface area contributed by atoms with E-state index in [1.807, 2.05) is 50.4 Å². The highest BCUT2D eigenvalue weighted by Gasteiger charge is 2.32. The lowest BCUT2D eigenvalue weighted by atomic mass is 9.97. The number of para-hydroxylation sites is 1. The van der Waals surface area contributed by atoms with Gasteiger partial charge in [0.1, 0.15) is 11.6 Å². The summed E-state index contributed by atoms with van der Waals surface area (Å²) in [5.74, 6) is 4.71. The molecule has 2 heterocycles. The fourth-order valence-corrected chi connectivity index (χ4v) is 4.55. The van der Waals surface area contributed by atoms with Gasteiger partial charge >= 0.3 is 6.18 Å². The van der Waals surface area contributed by atoms with Crippen molar-refractivity contribution in [3.63, 3.8) is 0 Å². The number of hydrogen-bond acceptors (Lipinski definition) is 4. The number of aryl methyl sites for hydroxylation is 1. The van der Waals surface area contributed by atoms with E-state index in [1.165, 1.54) is 23.7 Å². The fourth-order valence-electron chi connectivity index (χ4n) is 4.55. The van der Waals surface area contributed by atoms with Crippen molar-refractivity contribution >= 4 is 0 Å². The average molecular weight is 666 g/mol.